The van der Waals surface area contributed by atoms with Crippen LogP contribution in [0.25, 0.3) is 100 Å². The largest absolute Gasteiger partial charge is 0.456 e. The SMILES string of the molecule is c1ccc(-c2ccc(-c3nc(-c4ccccc4)nc(-c4ccc5c(c4)oc4c(-c6ccc7c(c6)oc6ccccc67)cccc45)n3)cc2)cc1. The molecule has 0 aliphatic heterocycles. The van der Waals surface area contributed by atoms with E-state index in [1.54, 1.807) is 0 Å². The van der Waals surface area contributed by atoms with Crippen molar-refractivity contribution in [1.29, 1.82) is 0 Å². The maximum absolute atomic E-state index is 6.65. The van der Waals surface area contributed by atoms with Crippen LogP contribution in [0.15, 0.2) is 173 Å². The fourth-order valence-electron chi connectivity index (χ4n) is 6.85. The Bertz CT molecular complexity index is 2850. The molecule has 0 fully saturated rings. The highest BCUT2D eigenvalue weighted by atomic mass is 16.3. The summed E-state index contributed by atoms with van der Waals surface area (Å²) in [6.07, 6.45) is 0. The molecule has 0 N–H and O–H groups in total. The molecule has 10 aromatic rings. The smallest absolute Gasteiger partial charge is 0.164 e. The number of hydrogen-bond donors (Lipinski definition) is 0. The van der Waals surface area contributed by atoms with E-state index in [9.17, 15) is 0 Å². The highest BCUT2D eigenvalue weighted by molar-refractivity contribution is 6.11. The Hall–Kier alpha value is -6.85. The molecule has 0 saturated carbocycles. The van der Waals surface area contributed by atoms with Gasteiger partial charge in [-0.15, -0.1) is 0 Å². The van der Waals surface area contributed by atoms with E-state index in [0.717, 1.165) is 82.8 Å². The third-order valence-corrected chi connectivity index (χ3v) is 9.36. The second-order valence-electron chi connectivity index (χ2n) is 12.4. The van der Waals surface area contributed by atoms with Crippen LogP contribution in [0.1, 0.15) is 0 Å². The molecular weight excluding hydrogens is 615 g/mol. The molecule has 7 aromatic carbocycles. The number of para-hydroxylation sites is 2. The molecule has 234 valence electrons. The Morgan fingerprint density at radius 3 is 1.54 bits per heavy atom. The van der Waals surface area contributed by atoms with Crippen molar-refractivity contribution < 1.29 is 8.83 Å². The predicted molar refractivity (Wildman–Crippen MR) is 202 cm³/mol. The molecule has 0 atom stereocenters. The molecular formula is C45H27N3O2. The molecule has 0 bridgehead atoms. The van der Waals surface area contributed by atoms with E-state index in [1.165, 1.54) is 0 Å². The van der Waals surface area contributed by atoms with Gasteiger partial charge >= 0.3 is 0 Å². The Labute approximate surface area is 287 Å². The average Bonchev–Trinajstić information content (AvgIpc) is 3.76. The lowest BCUT2D eigenvalue weighted by Gasteiger charge is -2.09. The summed E-state index contributed by atoms with van der Waals surface area (Å²) in [6, 6.07) is 55.8. The molecule has 50 heavy (non-hydrogen) atoms. The molecule has 0 radical (unpaired) electrons. The Balaban J connectivity index is 1.08. The number of hydrogen-bond acceptors (Lipinski definition) is 5. The van der Waals surface area contributed by atoms with E-state index < -0.39 is 0 Å². The lowest BCUT2D eigenvalue weighted by Crippen LogP contribution is -2.00. The third-order valence-electron chi connectivity index (χ3n) is 9.36. The van der Waals surface area contributed by atoms with Crippen molar-refractivity contribution in [3.8, 4) is 56.4 Å². The molecule has 0 unspecified atom stereocenters. The fraction of sp³-hybridized carbons (Fsp3) is 0. The summed E-state index contributed by atoms with van der Waals surface area (Å²) < 4.78 is 12.9. The molecule has 0 spiro atoms. The van der Waals surface area contributed by atoms with E-state index in [4.69, 9.17) is 23.8 Å². The van der Waals surface area contributed by atoms with E-state index >= 15 is 0 Å². The third kappa shape index (κ3) is 4.75. The molecule has 0 aliphatic carbocycles. The number of benzene rings is 7. The second-order valence-corrected chi connectivity index (χ2v) is 12.4. The summed E-state index contributed by atoms with van der Waals surface area (Å²) in [6.45, 7) is 0. The first-order chi connectivity index (χ1) is 24.7. The summed E-state index contributed by atoms with van der Waals surface area (Å²) >= 11 is 0. The van der Waals surface area contributed by atoms with E-state index in [-0.39, 0.29) is 0 Å². The van der Waals surface area contributed by atoms with Crippen molar-refractivity contribution in [3.63, 3.8) is 0 Å². The van der Waals surface area contributed by atoms with Crippen LogP contribution in [-0.2, 0) is 0 Å². The normalized spacial score (nSPS) is 11.6. The lowest BCUT2D eigenvalue weighted by atomic mass is 10.0. The number of fused-ring (bicyclic) bond motifs is 6. The summed E-state index contributed by atoms with van der Waals surface area (Å²) in [4.78, 5) is 14.9. The maximum Gasteiger partial charge on any atom is 0.164 e. The minimum atomic E-state index is 0.582. The number of furan rings is 2. The number of aromatic nitrogens is 3. The Morgan fingerprint density at radius 1 is 0.300 bits per heavy atom. The van der Waals surface area contributed by atoms with Gasteiger partial charge in [-0.25, -0.2) is 15.0 Å². The predicted octanol–water partition coefficient (Wildman–Crippen LogP) is 12.0. The van der Waals surface area contributed by atoms with Crippen LogP contribution in [0.3, 0.4) is 0 Å². The molecule has 3 heterocycles. The van der Waals surface area contributed by atoms with Gasteiger partial charge in [0.1, 0.15) is 22.3 Å². The van der Waals surface area contributed by atoms with Crippen molar-refractivity contribution in [2.45, 2.75) is 0 Å². The fourth-order valence-corrected chi connectivity index (χ4v) is 6.85. The van der Waals surface area contributed by atoms with Gasteiger partial charge in [0.25, 0.3) is 0 Å². The standard InChI is InChI=1S/C45H27N3O2/c1-3-10-28(11-4-1)29-18-20-31(21-19-29)44-46-43(30-12-5-2-6-13-30)47-45(48-44)33-23-25-37-38-16-9-15-34(42(38)50-41(37)27-33)32-22-24-36-35-14-7-8-17-39(35)49-40(36)26-32/h1-27H. The monoisotopic (exact) mass is 641 g/mol. The molecule has 5 nitrogen and oxygen atoms in total. The molecule has 10 rings (SSSR count). The van der Waals surface area contributed by atoms with Gasteiger partial charge in [0, 0.05) is 43.8 Å². The molecule has 5 heteroatoms. The summed E-state index contributed by atoms with van der Waals surface area (Å²) in [5.74, 6) is 1.81. The van der Waals surface area contributed by atoms with Crippen LogP contribution in [0.2, 0.25) is 0 Å². The van der Waals surface area contributed by atoms with Crippen molar-refractivity contribution in [2.24, 2.45) is 0 Å². The van der Waals surface area contributed by atoms with Gasteiger partial charge < -0.3 is 8.83 Å². The van der Waals surface area contributed by atoms with Crippen LogP contribution in [0.5, 0.6) is 0 Å². The first-order valence-corrected chi connectivity index (χ1v) is 16.6. The molecule has 3 aromatic heterocycles. The zero-order valence-corrected chi connectivity index (χ0v) is 26.7. The molecule has 0 amide bonds. The number of rotatable bonds is 5. The second kappa shape index (κ2) is 11.4. The highest BCUT2D eigenvalue weighted by Gasteiger charge is 2.17. The summed E-state index contributed by atoms with van der Waals surface area (Å²) in [5.41, 5.74) is 10.4. The van der Waals surface area contributed by atoms with Crippen LogP contribution >= 0.6 is 0 Å². The molecule has 0 aliphatic rings. The highest BCUT2D eigenvalue weighted by Crippen LogP contribution is 2.39. The van der Waals surface area contributed by atoms with Crippen LogP contribution in [0, 0.1) is 0 Å². The quantitative estimate of drug-likeness (QED) is 0.187. The summed E-state index contributed by atoms with van der Waals surface area (Å²) in [5, 5.41) is 4.30. The van der Waals surface area contributed by atoms with Gasteiger partial charge in [0.05, 0.1) is 0 Å². The topological polar surface area (TPSA) is 65.0 Å². The zero-order chi connectivity index (χ0) is 33.0. The van der Waals surface area contributed by atoms with E-state index in [2.05, 4.69) is 103 Å². The van der Waals surface area contributed by atoms with E-state index in [0.29, 0.717) is 17.5 Å². The van der Waals surface area contributed by atoms with Crippen LogP contribution < -0.4 is 0 Å². The van der Waals surface area contributed by atoms with Crippen molar-refractivity contribution in [3.05, 3.63) is 164 Å². The van der Waals surface area contributed by atoms with Gasteiger partial charge in [-0.2, -0.15) is 0 Å². The average molecular weight is 642 g/mol. The Kier molecular flexibility index (Phi) is 6.42. The van der Waals surface area contributed by atoms with Gasteiger partial charge in [-0.3, -0.25) is 0 Å². The van der Waals surface area contributed by atoms with Crippen molar-refractivity contribution >= 4 is 43.9 Å². The molecule has 0 saturated heterocycles. The lowest BCUT2D eigenvalue weighted by molar-refractivity contribution is 0.668. The minimum absolute atomic E-state index is 0.582. The van der Waals surface area contributed by atoms with Crippen LogP contribution in [-0.4, -0.2) is 15.0 Å². The van der Waals surface area contributed by atoms with Crippen molar-refractivity contribution in [2.75, 3.05) is 0 Å². The maximum atomic E-state index is 6.65. The number of nitrogens with zero attached hydrogens (tertiary/aromatic N) is 3. The van der Waals surface area contributed by atoms with E-state index in [1.807, 2.05) is 60.7 Å². The first-order valence-electron chi connectivity index (χ1n) is 16.6. The first kappa shape index (κ1) is 28.2. The van der Waals surface area contributed by atoms with Gasteiger partial charge in [-0.05, 0) is 47.0 Å². The zero-order valence-electron chi connectivity index (χ0n) is 26.7. The van der Waals surface area contributed by atoms with Gasteiger partial charge in [0.15, 0.2) is 17.5 Å². The van der Waals surface area contributed by atoms with Gasteiger partial charge in [-0.1, -0.05) is 133 Å². The Morgan fingerprint density at radius 2 is 0.780 bits per heavy atom. The van der Waals surface area contributed by atoms with Gasteiger partial charge in [0.2, 0.25) is 0 Å². The summed E-state index contributed by atoms with van der Waals surface area (Å²) in [7, 11) is 0. The van der Waals surface area contributed by atoms with Crippen molar-refractivity contribution in [1.82, 2.24) is 15.0 Å². The van der Waals surface area contributed by atoms with Crippen LogP contribution in [0.4, 0.5) is 0 Å². The minimum Gasteiger partial charge on any atom is -0.456 e.